The van der Waals surface area contributed by atoms with E-state index in [1.165, 1.54) is 17.0 Å². The van der Waals surface area contributed by atoms with Crippen LogP contribution < -0.4 is 5.32 Å². The van der Waals surface area contributed by atoms with Crippen LogP contribution in [0.1, 0.15) is 12.0 Å². The third kappa shape index (κ3) is 4.42. The van der Waals surface area contributed by atoms with Gasteiger partial charge in [0, 0.05) is 24.7 Å². The summed E-state index contributed by atoms with van der Waals surface area (Å²) < 4.78 is 50.8. The Labute approximate surface area is 137 Å². The lowest BCUT2D eigenvalue weighted by molar-refractivity contribution is -0.143. The molecule has 2 aromatic rings. The molecular weight excluding hydrogens is 322 g/mol. The molecule has 0 aliphatic carbocycles. The molecule has 3 rings (SSSR count). The predicted octanol–water partition coefficient (Wildman–Crippen LogP) is 3.35. The summed E-state index contributed by atoms with van der Waals surface area (Å²) in [7, 11) is 0. The highest BCUT2D eigenvalue weighted by Crippen LogP contribution is 2.23. The molecule has 0 bridgehead atoms. The van der Waals surface area contributed by atoms with Gasteiger partial charge in [0.1, 0.15) is 5.82 Å². The van der Waals surface area contributed by atoms with Crippen LogP contribution in [0.25, 0.3) is 10.9 Å². The summed E-state index contributed by atoms with van der Waals surface area (Å²) in [6.07, 6.45) is -1.74. The normalized spacial score (nSPS) is 19.2. The molecule has 1 fully saturated rings. The SMILES string of the molecule is Fc1cc(CNC[C@@H]2CCN(CC(F)(F)F)C2)c2ncccc2c1. The molecule has 0 saturated carbocycles. The van der Waals surface area contributed by atoms with Gasteiger partial charge in [-0.25, -0.2) is 4.39 Å². The molecule has 1 aliphatic rings. The summed E-state index contributed by atoms with van der Waals surface area (Å²) in [4.78, 5) is 5.72. The van der Waals surface area contributed by atoms with Crippen molar-refractivity contribution in [3.8, 4) is 0 Å². The van der Waals surface area contributed by atoms with E-state index >= 15 is 0 Å². The molecule has 0 radical (unpaired) electrons. The third-order valence-corrected chi connectivity index (χ3v) is 4.27. The number of benzene rings is 1. The van der Waals surface area contributed by atoms with Crippen molar-refractivity contribution >= 4 is 10.9 Å². The molecule has 1 atom stereocenters. The van der Waals surface area contributed by atoms with Gasteiger partial charge in [0.15, 0.2) is 0 Å². The van der Waals surface area contributed by atoms with Gasteiger partial charge in [-0.2, -0.15) is 13.2 Å². The Morgan fingerprint density at radius 2 is 2.12 bits per heavy atom. The molecule has 1 aromatic carbocycles. The Balaban J connectivity index is 1.54. The highest BCUT2D eigenvalue weighted by atomic mass is 19.4. The first-order valence-corrected chi connectivity index (χ1v) is 7.94. The van der Waals surface area contributed by atoms with Crippen molar-refractivity contribution in [2.75, 3.05) is 26.2 Å². The minimum absolute atomic E-state index is 0.181. The molecule has 0 unspecified atom stereocenters. The fraction of sp³-hybridized carbons (Fsp3) is 0.471. The van der Waals surface area contributed by atoms with Gasteiger partial charge in [-0.3, -0.25) is 9.88 Å². The molecular formula is C17H19F4N3. The van der Waals surface area contributed by atoms with Crippen LogP contribution in [0, 0.1) is 11.7 Å². The topological polar surface area (TPSA) is 28.2 Å². The van der Waals surface area contributed by atoms with Crippen LogP contribution >= 0.6 is 0 Å². The van der Waals surface area contributed by atoms with E-state index in [1.807, 2.05) is 0 Å². The second-order valence-corrected chi connectivity index (χ2v) is 6.28. The van der Waals surface area contributed by atoms with Crippen molar-refractivity contribution in [2.24, 2.45) is 5.92 Å². The van der Waals surface area contributed by atoms with E-state index in [1.54, 1.807) is 18.3 Å². The number of nitrogens with zero attached hydrogens (tertiary/aromatic N) is 2. The summed E-state index contributed by atoms with van der Waals surface area (Å²) in [6.45, 7) is 1.12. The van der Waals surface area contributed by atoms with E-state index < -0.39 is 12.7 Å². The van der Waals surface area contributed by atoms with Gasteiger partial charge in [0.05, 0.1) is 12.1 Å². The molecule has 1 N–H and O–H groups in total. The van der Waals surface area contributed by atoms with Crippen molar-refractivity contribution in [3.05, 3.63) is 41.8 Å². The van der Waals surface area contributed by atoms with Gasteiger partial charge < -0.3 is 5.32 Å². The Hall–Kier alpha value is -1.73. The maximum Gasteiger partial charge on any atom is 0.401 e. The van der Waals surface area contributed by atoms with Crippen molar-refractivity contribution in [1.82, 2.24) is 15.2 Å². The number of alkyl halides is 3. The standard InChI is InChI=1S/C17H19F4N3/c18-15-6-13-2-1-4-23-16(13)14(7-15)9-22-8-12-3-5-24(10-12)11-17(19,20)21/h1-2,4,6-7,12,22H,3,5,8-11H2/t12-/m0/s1. The molecule has 0 amide bonds. The molecule has 2 heterocycles. The minimum atomic E-state index is -4.14. The number of rotatable bonds is 5. The number of fused-ring (bicyclic) bond motifs is 1. The van der Waals surface area contributed by atoms with Crippen LogP contribution in [-0.4, -0.2) is 42.2 Å². The van der Waals surface area contributed by atoms with Gasteiger partial charge in [-0.1, -0.05) is 6.07 Å². The third-order valence-electron chi connectivity index (χ3n) is 4.27. The lowest BCUT2D eigenvalue weighted by Crippen LogP contribution is -2.33. The Kier molecular flexibility index (Phi) is 5.01. The van der Waals surface area contributed by atoms with Crippen molar-refractivity contribution in [2.45, 2.75) is 19.1 Å². The molecule has 1 aromatic heterocycles. The summed E-state index contributed by atoms with van der Waals surface area (Å²) in [6, 6.07) is 6.46. The van der Waals surface area contributed by atoms with Gasteiger partial charge >= 0.3 is 6.18 Å². The zero-order chi connectivity index (χ0) is 17.2. The van der Waals surface area contributed by atoms with Crippen LogP contribution in [0.5, 0.6) is 0 Å². The first-order valence-electron chi connectivity index (χ1n) is 7.94. The highest BCUT2D eigenvalue weighted by Gasteiger charge is 2.34. The van der Waals surface area contributed by atoms with E-state index in [9.17, 15) is 17.6 Å². The summed E-state index contributed by atoms with van der Waals surface area (Å²) in [5, 5.41) is 3.97. The average molecular weight is 341 g/mol. The maximum absolute atomic E-state index is 13.7. The Morgan fingerprint density at radius 3 is 2.92 bits per heavy atom. The Morgan fingerprint density at radius 1 is 1.29 bits per heavy atom. The fourth-order valence-electron chi connectivity index (χ4n) is 3.25. The second kappa shape index (κ2) is 7.03. The van der Waals surface area contributed by atoms with Crippen molar-refractivity contribution < 1.29 is 17.6 Å². The van der Waals surface area contributed by atoms with E-state index in [2.05, 4.69) is 10.3 Å². The van der Waals surface area contributed by atoms with E-state index in [4.69, 9.17) is 0 Å². The zero-order valence-electron chi connectivity index (χ0n) is 13.1. The lowest BCUT2D eigenvalue weighted by Gasteiger charge is -2.18. The van der Waals surface area contributed by atoms with E-state index in [0.29, 0.717) is 26.2 Å². The zero-order valence-corrected chi connectivity index (χ0v) is 13.1. The first-order chi connectivity index (χ1) is 11.4. The lowest BCUT2D eigenvalue weighted by atomic mass is 10.1. The quantitative estimate of drug-likeness (QED) is 0.846. The summed E-state index contributed by atoms with van der Waals surface area (Å²) in [5.74, 6) is -0.135. The average Bonchev–Trinajstić information content (AvgIpc) is 2.92. The van der Waals surface area contributed by atoms with Crippen LogP contribution in [0.2, 0.25) is 0 Å². The number of aromatic nitrogens is 1. The molecule has 24 heavy (non-hydrogen) atoms. The molecule has 130 valence electrons. The monoisotopic (exact) mass is 341 g/mol. The molecule has 1 aliphatic heterocycles. The smallest absolute Gasteiger partial charge is 0.312 e. The maximum atomic E-state index is 13.7. The van der Waals surface area contributed by atoms with Crippen LogP contribution in [0.3, 0.4) is 0 Å². The Bertz CT molecular complexity index is 702. The van der Waals surface area contributed by atoms with E-state index in [-0.39, 0.29) is 11.7 Å². The summed E-state index contributed by atoms with van der Waals surface area (Å²) in [5.41, 5.74) is 1.51. The van der Waals surface area contributed by atoms with Crippen LogP contribution in [0.15, 0.2) is 30.5 Å². The number of likely N-dealkylation sites (tertiary alicyclic amines) is 1. The van der Waals surface area contributed by atoms with Gasteiger partial charge in [0.25, 0.3) is 0 Å². The minimum Gasteiger partial charge on any atom is -0.312 e. The molecule has 0 spiro atoms. The first kappa shape index (κ1) is 17.1. The molecule has 3 nitrogen and oxygen atoms in total. The predicted molar refractivity (Wildman–Crippen MR) is 84.0 cm³/mol. The second-order valence-electron chi connectivity index (χ2n) is 6.28. The van der Waals surface area contributed by atoms with Crippen LogP contribution in [0.4, 0.5) is 17.6 Å². The van der Waals surface area contributed by atoms with Gasteiger partial charge in [-0.15, -0.1) is 0 Å². The number of hydrogen-bond acceptors (Lipinski definition) is 3. The number of pyridine rings is 1. The summed E-state index contributed by atoms with van der Waals surface area (Å²) >= 11 is 0. The highest BCUT2D eigenvalue weighted by molar-refractivity contribution is 5.81. The largest absolute Gasteiger partial charge is 0.401 e. The number of nitrogens with one attached hydrogen (secondary N) is 1. The van der Waals surface area contributed by atoms with Gasteiger partial charge in [0.2, 0.25) is 0 Å². The van der Waals surface area contributed by atoms with Crippen molar-refractivity contribution in [3.63, 3.8) is 0 Å². The van der Waals surface area contributed by atoms with Crippen LogP contribution in [-0.2, 0) is 6.54 Å². The molecule has 7 heteroatoms. The van der Waals surface area contributed by atoms with E-state index in [0.717, 1.165) is 22.9 Å². The van der Waals surface area contributed by atoms with Gasteiger partial charge in [-0.05, 0) is 49.2 Å². The molecule has 1 saturated heterocycles. The fourth-order valence-corrected chi connectivity index (χ4v) is 3.25. The number of halogens is 4. The van der Waals surface area contributed by atoms with Crippen molar-refractivity contribution in [1.29, 1.82) is 0 Å². The number of hydrogen-bond donors (Lipinski definition) is 1.